The lowest BCUT2D eigenvalue weighted by atomic mass is 9.89. The molecule has 6 heteroatoms. The molecule has 0 spiro atoms. The Labute approximate surface area is 107 Å². The maximum absolute atomic E-state index is 11.1. The third-order valence-electron chi connectivity index (χ3n) is 2.42. The molecule has 0 aromatic heterocycles. The van der Waals surface area contributed by atoms with Crippen LogP contribution in [0, 0.1) is 5.92 Å². The summed E-state index contributed by atoms with van der Waals surface area (Å²) >= 11 is 0. The maximum Gasteiger partial charge on any atom is 0.311 e. The number of rotatable bonds is 5. The Morgan fingerprint density at radius 3 is 2.06 bits per heavy atom. The molecule has 5 nitrogen and oxygen atoms in total. The zero-order chi connectivity index (χ0) is 13.9. The maximum atomic E-state index is 11.1. The van der Waals surface area contributed by atoms with Crippen LogP contribution in [0.2, 0.25) is 0 Å². The van der Waals surface area contributed by atoms with Gasteiger partial charge in [0, 0.05) is 0 Å². The first kappa shape index (κ1) is 14.5. The van der Waals surface area contributed by atoms with Gasteiger partial charge in [0.25, 0.3) is 0 Å². The molecule has 1 rings (SSSR count). The van der Waals surface area contributed by atoms with Gasteiger partial charge in [-0.2, -0.15) is 8.42 Å². The van der Waals surface area contributed by atoms with Gasteiger partial charge in [0.05, 0.1) is 12.2 Å². The van der Waals surface area contributed by atoms with Crippen LogP contribution in [0.3, 0.4) is 0 Å². The van der Waals surface area contributed by atoms with Gasteiger partial charge >= 0.3 is 16.1 Å². The van der Waals surface area contributed by atoms with E-state index in [4.69, 9.17) is 5.11 Å². The minimum absolute atomic E-state index is 0.0517. The van der Waals surface area contributed by atoms with Gasteiger partial charge in [-0.05, 0) is 23.6 Å². The minimum atomic E-state index is -3.56. The smallest absolute Gasteiger partial charge is 0.311 e. The molecule has 0 fully saturated rings. The first-order valence-corrected chi connectivity index (χ1v) is 7.24. The Balaban J connectivity index is 2.98. The van der Waals surface area contributed by atoms with Crippen LogP contribution in [0.5, 0.6) is 5.75 Å². The van der Waals surface area contributed by atoms with Crippen molar-refractivity contribution in [3.63, 3.8) is 0 Å². The van der Waals surface area contributed by atoms with E-state index < -0.39 is 22.0 Å². The van der Waals surface area contributed by atoms with E-state index in [1.807, 2.05) is 13.8 Å². The first-order chi connectivity index (χ1) is 8.20. The second-order valence-electron chi connectivity index (χ2n) is 4.42. The highest BCUT2D eigenvalue weighted by atomic mass is 32.2. The van der Waals surface area contributed by atoms with Gasteiger partial charge in [-0.15, -0.1) is 0 Å². The molecular weight excluding hydrogens is 256 g/mol. The normalized spacial score (nSPS) is 13.3. The number of carboxylic acids is 1. The number of carboxylic acid groups (broad SMARTS) is 1. The summed E-state index contributed by atoms with van der Waals surface area (Å²) in [6, 6.07) is 6.04. The zero-order valence-corrected chi connectivity index (χ0v) is 11.3. The van der Waals surface area contributed by atoms with Gasteiger partial charge in [0.1, 0.15) is 5.75 Å². The van der Waals surface area contributed by atoms with E-state index in [0.717, 1.165) is 6.26 Å². The van der Waals surface area contributed by atoms with Gasteiger partial charge in [-0.3, -0.25) is 4.79 Å². The van der Waals surface area contributed by atoms with Gasteiger partial charge < -0.3 is 9.29 Å². The molecule has 0 saturated carbocycles. The first-order valence-electron chi connectivity index (χ1n) is 5.43. The molecule has 0 heterocycles. The monoisotopic (exact) mass is 272 g/mol. The fourth-order valence-electron chi connectivity index (χ4n) is 1.72. The third-order valence-corrected chi connectivity index (χ3v) is 2.91. The van der Waals surface area contributed by atoms with Crippen molar-refractivity contribution in [3.8, 4) is 5.75 Å². The summed E-state index contributed by atoms with van der Waals surface area (Å²) in [5.41, 5.74) is 0.623. The van der Waals surface area contributed by atoms with Crippen LogP contribution < -0.4 is 4.18 Å². The Morgan fingerprint density at radius 1 is 1.22 bits per heavy atom. The topological polar surface area (TPSA) is 80.7 Å². The number of aliphatic carboxylic acids is 1. The molecule has 0 bridgehead atoms. The molecule has 1 N–H and O–H groups in total. The van der Waals surface area contributed by atoms with E-state index in [0.29, 0.717) is 5.56 Å². The second kappa shape index (κ2) is 5.39. The molecule has 0 radical (unpaired) electrons. The van der Waals surface area contributed by atoms with Crippen LogP contribution in [0.1, 0.15) is 25.3 Å². The van der Waals surface area contributed by atoms with Gasteiger partial charge in [0.15, 0.2) is 0 Å². The van der Waals surface area contributed by atoms with Crippen LogP contribution in [-0.2, 0) is 14.9 Å². The predicted molar refractivity (Wildman–Crippen MR) is 67.1 cm³/mol. The Bertz CT molecular complexity index is 516. The van der Waals surface area contributed by atoms with Crippen LogP contribution in [0.4, 0.5) is 0 Å². The molecule has 0 amide bonds. The molecule has 1 atom stereocenters. The van der Waals surface area contributed by atoms with Crippen LogP contribution in [0.15, 0.2) is 24.3 Å². The van der Waals surface area contributed by atoms with E-state index in [2.05, 4.69) is 4.18 Å². The van der Waals surface area contributed by atoms with E-state index in [1.165, 1.54) is 12.1 Å². The van der Waals surface area contributed by atoms with Crippen LogP contribution in [0.25, 0.3) is 0 Å². The number of benzene rings is 1. The van der Waals surface area contributed by atoms with Crippen molar-refractivity contribution >= 4 is 16.1 Å². The van der Waals surface area contributed by atoms with Crippen molar-refractivity contribution in [1.29, 1.82) is 0 Å². The van der Waals surface area contributed by atoms with Gasteiger partial charge in [-0.25, -0.2) is 0 Å². The van der Waals surface area contributed by atoms with E-state index >= 15 is 0 Å². The highest BCUT2D eigenvalue weighted by Gasteiger charge is 2.23. The van der Waals surface area contributed by atoms with Crippen molar-refractivity contribution in [1.82, 2.24) is 0 Å². The Morgan fingerprint density at radius 2 is 1.72 bits per heavy atom. The fourth-order valence-corrected chi connectivity index (χ4v) is 2.18. The molecule has 18 heavy (non-hydrogen) atoms. The highest BCUT2D eigenvalue weighted by Crippen LogP contribution is 2.26. The van der Waals surface area contributed by atoms with Crippen molar-refractivity contribution in [3.05, 3.63) is 29.8 Å². The number of hydrogen-bond acceptors (Lipinski definition) is 4. The molecule has 0 aliphatic heterocycles. The Kier molecular flexibility index (Phi) is 4.34. The average molecular weight is 272 g/mol. The van der Waals surface area contributed by atoms with Crippen molar-refractivity contribution < 1.29 is 22.5 Å². The summed E-state index contributed by atoms with van der Waals surface area (Å²) in [6.45, 7) is 3.64. The summed E-state index contributed by atoms with van der Waals surface area (Å²) < 4.78 is 26.5. The summed E-state index contributed by atoms with van der Waals surface area (Å²) in [4.78, 5) is 11.1. The standard InChI is InChI=1S/C12H16O5S/c1-8(2)11(12(13)14)9-4-6-10(7-5-9)17-18(3,15)16/h4-8,11H,1-3H3,(H,13,14). The van der Waals surface area contributed by atoms with Crippen LogP contribution >= 0.6 is 0 Å². The van der Waals surface area contributed by atoms with Crippen molar-refractivity contribution in [2.45, 2.75) is 19.8 Å². The third kappa shape index (κ3) is 4.03. The lowest BCUT2D eigenvalue weighted by Crippen LogP contribution is -2.17. The Hall–Kier alpha value is -1.56. The minimum Gasteiger partial charge on any atom is -0.481 e. The lowest BCUT2D eigenvalue weighted by molar-refractivity contribution is -0.139. The van der Waals surface area contributed by atoms with E-state index in [1.54, 1.807) is 12.1 Å². The fraction of sp³-hybridized carbons (Fsp3) is 0.417. The van der Waals surface area contributed by atoms with Gasteiger partial charge in [-0.1, -0.05) is 26.0 Å². The molecule has 1 aromatic carbocycles. The molecule has 100 valence electrons. The van der Waals surface area contributed by atoms with Crippen LogP contribution in [-0.4, -0.2) is 25.7 Å². The largest absolute Gasteiger partial charge is 0.481 e. The molecule has 0 saturated heterocycles. The van der Waals surface area contributed by atoms with E-state index in [9.17, 15) is 13.2 Å². The average Bonchev–Trinajstić information content (AvgIpc) is 2.17. The summed E-state index contributed by atoms with van der Waals surface area (Å²) in [5.74, 6) is -1.39. The molecule has 1 unspecified atom stereocenters. The molecule has 1 aromatic rings. The van der Waals surface area contributed by atoms with Crippen molar-refractivity contribution in [2.75, 3.05) is 6.26 Å². The molecule has 0 aliphatic carbocycles. The SMILES string of the molecule is CC(C)C(C(=O)O)c1ccc(OS(C)(=O)=O)cc1. The second-order valence-corrected chi connectivity index (χ2v) is 5.99. The number of hydrogen-bond donors (Lipinski definition) is 1. The number of carbonyl (C=O) groups is 1. The quantitative estimate of drug-likeness (QED) is 0.827. The summed E-state index contributed by atoms with van der Waals surface area (Å²) in [7, 11) is -3.56. The molecule has 0 aliphatic rings. The zero-order valence-electron chi connectivity index (χ0n) is 10.5. The van der Waals surface area contributed by atoms with Gasteiger partial charge in [0.2, 0.25) is 0 Å². The van der Waals surface area contributed by atoms with E-state index in [-0.39, 0.29) is 11.7 Å². The predicted octanol–water partition coefficient (Wildman–Crippen LogP) is 1.85. The summed E-state index contributed by atoms with van der Waals surface area (Å²) in [5, 5.41) is 9.13. The van der Waals surface area contributed by atoms with Crippen molar-refractivity contribution in [2.24, 2.45) is 5.92 Å². The molecular formula is C12H16O5S. The highest BCUT2D eigenvalue weighted by molar-refractivity contribution is 7.86. The summed E-state index contributed by atoms with van der Waals surface area (Å²) in [6.07, 6.45) is 0.953. The lowest BCUT2D eigenvalue weighted by Gasteiger charge is -2.16.